The molecule has 0 amide bonds. The molecule has 0 fully saturated rings. The first kappa shape index (κ1) is 12.6. The van der Waals surface area contributed by atoms with Crippen LogP contribution in [0.5, 0.6) is 0 Å². The average molecular weight is 283 g/mol. The second-order valence-electron chi connectivity index (χ2n) is 3.33. The van der Waals surface area contributed by atoms with E-state index < -0.39 is 27.4 Å². The molecule has 0 aliphatic rings. The summed E-state index contributed by atoms with van der Waals surface area (Å²) in [5.41, 5.74) is 4.88. The fourth-order valence-corrected chi connectivity index (χ4v) is 1.75. The van der Waals surface area contributed by atoms with Gasteiger partial charge in [0.1, 0.15) is 11.2 Å². The smallest absolute Gasteiger partial charge is 0.314 e. The molecule has 2 aromatic rings. The van der Waals surface area contributed by atoms with E-state index in [0.29, 0.717) is 0 Å². The number of nitrogens with zero attached hydrogens (tertiary/aromatic N) is 4. The zero-order valence-corrected chi connectivity index (χ0v) is 9.63. The van der Waals surface area contributed by atoms with Crippen molar-refractivity contribution in [3.8, 4) is 0 Å². The standard InChI is InChI=1S/C8H3ClN6O4/c9-2-1-3-5(12-8(17)7(16)11-3)6(15(18)19)4(2)13-14-10/h1H,(H,11,16)(H,12,17). The number of rotatable bonds is 2. The van der Waals surface area contributed by atoms with Crippen LogP contribution >= 0.6 is 11.6 Å². The van der Waals surface area contributed by atoms with Crippen LogP contribution in [0.25, 0.3) is 21.5 Å². The summed E-state index contributed by atoms with van der Waals surface area (Å²) in [6, 6.07) is 1.14. The van der Waals surface area contributed by atoms with Gasteiger partial charge in [0.25, 0.3) is 0 Å². The maximum absolute atomic E-state index is 11.2. The Hall–Kier alpha value is -2.84. The molecular formula is C8H3ClN6O4. The van der Waals surface area contributed by atoms with Crippen molar-refractivity contribution < 1.29 is 4.92 Å². The second kappa shape index (κ2) is 4.44. The van der Waals surface area contributed by atoms with Gasteiger partial charge in [-0.25, -0.2) is 0 Å². The van der Waals surface area contributed by atoms with Crippen LogP contribution in [-0.2, 0) is 0 Å². The fourth-order valence-electron chi connectivity index (χ4n) is 1.52. The van der Waals surface area contributed by atoms with E-state index in [1.807, 2.05) is 0 Å². The molecule has 0 atom stereocenters. The number of aromatic amines is 2. The Bertz CT molecular complexity index is 862. The van der Waals surface area contributed by atoms with Gasteiger partial charge in [-0.05, 0) is 11.6 Å². The van der Waals surface area contributed by atoms with Gasteiger partial charge in [-0.15, -0.1) is 0 Å². The van der Waals surface area contributed by atoms with Gasteiger partial charge in [0, 0.05) is 4.91 Å². The fraction of sp³-hybridized carbons (Fsp3) is 0. The zero-order valence-electron chi connectivity index (χ0n) is 8.88. The number of halogens is 1. The quantitative estimate of drug-likeness (QED) is 0.214. The van der Waals surface area contributed by atoms with E-state index in [1.165, 1.54) is 0 Å². The van der Waals surface area contributed by atoms with E-state index in [0.717, 1.165) is 6.07 Å². The van der Waals surface area contributed by atoms with Crippen LogP contribution in [0.2, 0.25) is 5.02 Å². The normalized spacial score (nSPS) is 10.2. The van der Waals surface area contributed by atoms with Gasteiger partial charge in [0.05, 0.1) is 15.5 Å². The van der Waals surface area contributed by atoms with Gasteiger partial charge >= 0.3 is 16.8 Å². The number of hydrogen-bond acceptors (Lipinski definition) is 5. The van der Waals surface area contributed by atoms with Crippen LogP contribution in [-0.4, -0.2) is 14.9 Å². The lowest BCUT2D eigenvalue weighted by Crippen LogP contribution is -2.29. The van der Waals surface area contributed by atoms with Crippen LogP contribution in [0.3, 0.4) is 0 Å². The molecule has 1 aromatic heterocycles. The lowest BCUT2D eigenvalue weighted by atomic mass is 10.2. The minimum Gasteiger partial charge on any atom is -0.316 e. The van der Waals surface area contributed by atoms with Crippen LogP contribution in [0.4, 0.5) is 11.4 Å². The lowest BCUT2D eigenvalue weighted by Gasteiger charge is -2.03. The third-order valence-corrected chi connectivity index (χ3v) is 2.54. The van der Waals surface area contributed by atoms with E-state index in [1.54, 1.807) is 0 Å². The molecule has 0 unspecified atom stereocenters. The summed E-state index contributed by atoms with van der Waals surface area (Å²) in [5, 5.41) is 13.9. The number of hydrogen-bond donors (Lipinski definition) is 2. The van der Waals surface area contributed by atoms with Crippen molar-refractivity contribution in [1.82, 2.24) is 9.97 Å². The molecule has 0 saturated carbocycles. The topological polar surface area (TPSA) is 158 Å². The highest BCUT2D eigenvalue weighted by Crippen LogP contribution is 2.39. The van der Waals surface area contributed by atoms with Gasteiger partial charge < -0.3 is 9.97 Å². The molecule has 1 aromatic carbocycles. The van der Waals surface area contributed by atoms with E-state index in [9.17, 15) is 19.7 Å². The molecule has 0 radical (unpaired) electrons. The molecule has 11 heteroatoms. The summed E-state index contributed by atoms with van der Waals surface area (Å²) < 4.78 is 0. The Balaban J connectivity index is 3.11. The Morgan fingerprint density at radius 1 is 1.37 bits per heavy atom. The highest BCUT2D eigenvalue weighted by Gasteiger charge is 2.23. The molecule has 0 aliphatic carbocycles. The maximum atomic E-state index is 11.2. The Kier molecular flexibility index (Phi) is 2.95. The van der Waals surface area contributed by atoms with Gasteiger partial charge in [-0.2, -0.15) is 0 Å². The van der Waals surface area contributed by atoms with Crippen molar-refractivity contribution in [2.75, 3.05) is 0 Å². The van der Waals surface area contributed by atoms with Crippen molar-refractivity contribution in [3.63, 3.8) is 0 Å². The highest BCUT2D eigenvalue weighted by molar-refractivity contribution is 6.34. The molecule has 0 spiro atoms. The Morgan fingerprint density at radius 3 is 2.58 bits per heavy atom. The van der Waals surface area contributed by atoms with Crippen molar-refractivity contribution >= 4 is 34.0 Å². The van der Waals surface area contributed by atoms with E-state index in [-0.39, 0.29) is 16.1 Å². The molecule has 2 N–H and O–H groups in total. The molecule has 96 valence electrons. The number of nitro benzene ring substituents is 1. The number of fused-ring (bicyclic) bond motifs is 1. The third-order valence-electron chi connectivity index (χ3n) is 2.25. The largest absolute Gasteiger partial charge is 0.316 e. The average Bonchev–Trinajstić information content (AvgIpc) is 2.32. The van der Waals surface area contributed by atoms with Gasteiger partial charge in [0.15, 0.2) is 0 Å². The molecule has 2 rings (SSSR count). The molecular weight excluding hydrogens is 280 g/mol. The van der Waals surface area contributed by atoms with Crippen molar-refractivity contribution in [2.45, 2.75) is 0 Å². The van der Waals surface area contributed by atoms with Gasteiger partial charge in [0.2, 0.25) is 0 Å². The molecule has 0 saturated heterocycles. The van der Waals surface area contributed by atoms with E-state index >= 15 is 0 Å². The number of nitro groups is 1. The van der Waals surface area contributed by atoms with Gasteiger partial charge in [-0.1, -0.05) is 16.7 Å². The second-order valence-corrected chi connectivity index (χ2v) is 3.74. The predicted molar refractivity (Wildman–Crippen MR) is 65.7 cm³/mol. The Morgan fingerprint density at radius 2 is 2.00 bits per heavy atom. The zero-order chi connectivity index (χ0) is 14.2. The molecule has 0 bridgehead atoms. The molecule has 10 nitrogen and oxygen atoms in total. The Labute approximate surface area is 107 Å². The molecule has 1 heterocycles. The van der Waals surface area contributed by atoms with Crippen molar-refractivity contribution in [3.05, 3.63) is 52.4 Å². The van der Waals surface area contributed by atoms with Crippen molar-refractivity contribution in [2.24, 2.45) is 5.11 Å². The monoisotopic (exact) mass is 282 g/mol. The number of aromatic nitrogens is 2. The first-order valence-corrected chi connectivity index (χ1v) is 5.01. The molecule has 19 heavy (non-hydrogen) atoms. The highest BCUT2D eigenvalue weighted by atomic mass is 35.5. The van der Waals surface area contributed by atoms with Crippen LogP contribution in [0, 0.1) is 10.1 Å². The van der Waals surface area contributed by atoms with Crippen LogP contribution < -0.4 is 11.1 Å². The number of benzene rings is 1. The van der Waals surface area contributed by atoms with Crippen molar-refractivity contribution in [1.29, 1.82) is 0 Å². The summed E-state index contributed by atoms with van der Waals surface area (Å²) >= 11 is 5.74. The predicted octanol–water partition coefficient (Wildman–Crippen LogP) is 1.72. The minimum atomic E-state index is -1.06. The number of H-pyrrole nitrogens is 2. The summed E-state index contributed by atoms with van der Waals surface area (Å²) in [4.78, 5) is 39.1. The number of azide groups is 1. The third kappa shape index (κ3) is 2.01. The van der Waals surface area contributed by atoms with E-state index in [2.05, 4.69) is 20.0 Å². The maximum Gasteiger partial charge on any atom is 0.314 e. The minimum absolute atomic E-state index is 0.0433. The summed E-state index contributed by atoms with van der Waals surface area (Å²) in [6.07, 6.45) is 0. The summed E-state index contributed by atoms with van der Waals surface area (Å²) in [7, 11) is 0. The number of nitrogens with one attached hydrogen (secondary N) is 2. The van der Waals surface area contributed by atoms with Gasteiger partial charge in [-0.3, -0.25) is 19.7 Å². The summed E-state index contributed by atoms with van der Waals surface area (Å²) in [5.74, 6) is 0. The van der Waals surface area contributed by atoms with E-state index in [4.69, 9.17) is 17.1 Å². The first-order chi connectivity index (χ1) is 8.95. The summed E-state index contributed by atoms with van der Waals surface area (Å²) in [6.45, 7) is 0. The SMILES string of the molecule is [N-]=[N+]=Nc1c(Cl)cc2[nH]c(=O)c(=O)[nH]c2c1[N+](=O)[O-]. The first-order valence-electron chi connectivity index (χ1n) is 4.64. The molecule has 0 aliphatic heterocycles. The van der Waals surface area contributed by atoms with Crippen LogP contribution in [0.15, 0.2) is 20.8 Å². The van der Waals surface area contributed by atoms with Crippen LogP contribution in [0.1, 0.15) is 0 Å². The lowest BCUT2D eigenvalue weighted by molar-refractivity contribution is -0.382.